The number of nitrogens with zero attached hydrogens (tertiary/aromatic N) is 2. The van der Waals surface area contributed by atoms with Gasteiger partial charge in [-0.2, -0.15) is 0 Å². The minimum absolute atomic E-state index is 0.0586. The van der Waals surface area contributed by atoms with Crippen LogP contribution in [0.3, 0.4) is 0 Å². The fraction of sp³-hybridized carbons (Fsp3) is 0.417. The first kappa shape index (κ1) is 10.8. The highest BCUT2D eigenvalue weighted by molar-refractivity contribution is 6.04. The highest BCUT2D eigenvalue weighted by Gasteiger charge is 2.27. The van der Waals surface area contributed by atoms with E-state index in [2.05, 4.69) is 55.6 Å². The van der Waals surface area contributed by atoms with Crippen molar-refractivity contribution < 1.29 is 0 Å². The Morgan fingerprint density at radius 2 is 2.07 bits per heavy atom. The van der Waals surface area contributed by atoms with Gasteiger partial charge in [0.15, 0.2) is 0 Å². The van der Waals surface area contributed by atoms with Crippen molar-refractivity contribution in [2.45, 2.75) is 33.2 Å². The summed E-state index contributed by atoms with van der Waals surface area (Å²) >= 11 is 0. The summed E-state index contributed by atoms with van der Waals surface area (Å²) in [5.41, 5.74) is 1.21. The Balaban J connectivity index is 3.08. The van der Waals surface area contributed by atoms with Gasteiger partial charge in [-0.3, -0.25) is 0 Å². The quantitative estimate of drug-likeness (QED) is 0.620. The summed E-state index contributed by atoms with van der Waals surface area (Å²) < 4.78 is 0. The zero-order valence-electron chi connectivity index (χ0n) is 9.41. The minimum Gasteiger partial charge on any atom is -0.327 e. The Morgan fingerprint density at radius 1 is 1.43 bits per heavy atom. The van der Waals surface area contributed by atoms with Crippen molar-refractivity contribution >= 4 is 5.84 Å². The van der Waals surface area contributed by atoms with Gasteiger partial charge in [-0.05, 0) is 33.8 Å². The maximum absolute atomic E-state index is 4.30. The predicted octanol–water partition coefficient (Wildman–Crippen LogP) is 3.10. The summed E-state index contributed by atoms with van der Waals surface area (Å²) in [6.07, 6.45) is 7.79. The molecule has 1 heterocycles. The first-order chi connectivity index (χ1) is 6.50. The third-order valence-electron chi connectivity index (χ3n) is 2.14. The highest BCUT2D eigenvalue weighted by atomic mass is 15.2. The van der Waals surface area contributed by atoms with Gasteiger partial charge in [0.05, 0.1) is 0 Å². The molecule has 0 spiro atoms. The van der Waals surface area contributed by atoms with Gasteiger partial charge < -0.3 is 4.90 Å². The zero-order chi connectivity index (χ0) is 10.8. The van der Waals surface area contributed by atoms with Crippen LogP contribution in [0, 0.1) is 0 Å². The Hall–Kier alpha value is -1.31. The van der Waals surface area contributed by atoms with Crippen molar-refractivity contribution in [3.05, 3.63) is 36.7 Å². The van der Waals surface area contributed by atoms with Crippen molar-refractivity contribution in [2.24, 2.45) is 4.99 Å². The summed E-state index contributed by atoms with van der Waals surface area (Å²) in [4.78, 5) is 6.46. The Kier molecular flexibility index (Phi) is 2.94. The summed E-state index contributed by atoms with van der Waals surface area (Å²) in [6.45, 7) is 12.1. The summed E-state index contributed by atoms with van der Waals surface area (Å²) in [5, 5.41) is 0. The number of amidine groups is 1. The molecule has 0 N–H and O–H groups in total. The molecule has 0 saturated heterocycles. The van der Waals surface area contributed by atoms with E-state index in [1.165, 1.54) is 0 Å². The SMILES string of the molecule is C=CN=C1/C(=C\C)C=CN1C(C)(C)C. The molecule has 0 aromatic carbocycles. The van der Waals surface area contributed by atoms with E-state index in [9.17, 15) is 0 Å². The van der Waals surface area contributed by atoms with Crippen LogP contribution < -0.4 is 0 Å². The topological polar surface area (TPSA) is 15.6 Å². The first-order valence-corrected chi connectivity index (χ1v) is 4.83. The molecule has 0 atom stereocenters. The molecule has 76 valence electrons. The lowest BCUT2D eigenvalue weighted by atomic mass is 10.1. The van der Waals surface area contributed by atoms with Crippen molar-refractivity contribution in [1.82, 2.24) is 4.90 Å². The summed E-state index contributed by atoms with van der Waals surface area (Å²) in [5.74, 6) is 0.981. The van der Waals surface area contributed by atoms with E-state index in [0.29, 0.717) is 0 Å². The molecule has 2 nitrogen and oxygen atoms in total. The number of aliphatic imine (C=N–C) groups is 1. The molecule has 0 bridgehead atoms. The third kappa shape index (κ3) is 1.95. The zero-order valence-corrected chi connectivity index (χ0v) is 9.41. The first-order valence-electron chi connectivity index (χ1n) is 4.83. The smallest absolute Gasteiger partial charge is 0.139 e. The van der Waals surface area contributed by atoms with Crippen molar-refractivity contribution in [3.63, 3.8) is 0 Å². The van der Waals surface area contributed by atoms with Crippen LogP contribution in [-0.2, 0) is 0 Å². The Labute approximate surface area is 86.3 Å². The number of hydrogen-bond acceptors (Lipinski definition) is 1. The van der Waals surface area contributed by atoms with Gasteiger partial charge in [0.2, 0.25) is 0 Å². The molecule has 0 amide bonds. The number of hydrogen-bond donors (Lipinski definition) is 0. The van der Waals surface area contributed by atoms with Crippen LogP contribution in [0.4, 0.5) is 0 Å². The third-order valence-corrected chi connectivity index (χ3v) is 2.14. The molecule has 0 aromatic rings. The fourth-order valence-electron chi connectivity index (χ4n) is 1.43. The standard InChI is InChI=1S/C12H18N2/c1-6-10-8-9-14(12(3,4)5)11(10)13-7-2/h6-9H,2H2,1,3-5H3/b10-6-,13-11?. The molecule has 1 rings (SSSR count). The van der Waals surface area contributed by atoms with E-state index in [0.717, 1.165) is 11.4 Å². The summed E-state index contributed by atoms with van der Waals surface area (Å²) in [6, 6.07) is 0. The average Bonchev–Trinajstić information content (AvgIpc) is 2.47. The second kappa shape index (κ2) is 3.82. The lowest BCUT2D eigenvalue weighted by molar-refractivity contribution is 0.317. The van der Waals surface area contributed by atoms with Gasteiger partial charge in [-0.25, -0.2) is 4.99 Å². The normalized spacial score (nSPS) is 22.4. The maximum atomic E-state index is 4.30. The molecular weight excluding hydrogens is 172 g/mol. The van der Waals surface area contributed by atoms with Gasteiger partial charge in [-0.1, -0.05) is 12.7 Å². The van der Waals surface area contributed by atoms with Crippen LogP contribution >= 0.6 is 0 Å². The second-order valence-electron chi connectivity index (χ2n) is 4.24. The second-order valence-corrected chi connectivity index (χ2v) is 4.24. The van der Waals surface area contributed by atoms with E-state index in [1.807, 2.05) is 6.92 Å². The van der Waals surface area contributed by atoms with E-state index < -0.39 is 0 Å². The minimum atomic E-state index is 0.0586. The van der Waals surface area contributed by atoms with Crippen molar-refractivity contribution in [3.8, 4) is 0 Å². The lowest BCUT2D eigenvalue weighted by Gasteiger charge is -2.32. The van der Waals surface area contributed by atoms with Gasteiger partial charge in [0, 0.05) is 23.5 Å². The number of allylic oxidation sites excluding steroid dienone is 1. The van der Waals surface area contributed by atoms with Crippen molar-refractivity contribution in [2.75, 3.05) is 0 Å². The molecule has 0 saturated carbocycles. The molecule has 1 aliphatic heterocycles. The fourth-order valence-corrected chi connectivity index (χ4v) is 1.43. The average molecular weight is 190 g/mol. The van der Waals surface area contributed by atoms with Crippen LogP contribution in [0.1, 0.15) is 27.7 Å². The van der Waals surface area contributed by atoms with Gasteiger partial charge in [0.25, 0.3) is 0 Å². The van der Waals surface area contributed by atoms with E-state index in [1.54, 1.807) is 6.20 Å². The molecule has 0 radical (unpaired) electrons. The molecule has 0 unspecified atom stereocenters. The van der Waals surface area contributed by atoms with Gasteiger partial charge >= 0.3 is 0 Å². The lowest BCUT2D eigenvalue weighted by Crippen LogP contribution is -2.39. The summed E-state index contributed by atoms with van der Waals surface area (Å²) in [7, 11) is 0. The Morgan fingerprint density at radius 3 is 2.50 bits per heavy atom. The van der Waals surface area contributed by atoms with Crippen LogP contribution in [0.2, 0.25) is 0 Å². The van der Waals surface area contributed by atoms with E-state index in [4.69, 9.17) is 0 Å². The Bertz CT molecular complexity index is 314. The molecule has 2 heteroatoms. The van der Waals surface area contributed by atoms with Gasteiger partial charge in [0.1, 0.15) is 5.84 Å². The molecule has 0 fully saturated rings. The van der Waals surface area contributed by atoms with E-state index >= 15 is 0 Å². The maximum Gasteiger partial charge on any atom is 0.139 e. The van der Waals surface area contributed by atoms with Crippen LogP contribution in [0.15, 0.2) is 41.7 Å². The van der Waals surface area contributed by atoms with Gasteiger partial charge in [-0.15, -0.1) is 0 Å². The van der Waals surface area contributed by atoms with E-state index in [-0.39, 0.29) is 5.54 Å². The predicted molar refractivity (Wildman–Crippen MR) is 62.1 cm³/mol. The highest BCUT2D eigenvalue weighted by Crippen LogP contribution is 2.24. The van der Waals surface area contributed by atoms with Crippen molar-refractivity contribution in [1.29, 1.82) is 0 Å². The monoisotopic (exact) mass is 190 g/mol. The number of rotatable bonds is 1. The largest absolute Gasteiger partial charge is 0.327 e. The molecule has 14 heavy (non-hydrogen) atoms. The van der Waals surface area contributed by atoms with Crippen LogP contribution in [-0.4, -0.2) is 16.3 Å². The molecule has 0 aromatic heterocycles. The molecule has 0 aliphatic carbocycles. The molecular formula is C12H18N2. The van der Waals surface area contributed by atoms with Crippen LogP contribution in [0.25, 0.3) is 0 Å². The molecule has 1 aliphatic rings. The van der Waals surface area contributed by atoms with Crippen LogP contribution in [0.5, 0.6) is 0 Å².